The standard InChI is InChI=1S/C18H12Cl2F3NOS/c1-10-4-11(2-3-12(10)9-25)16-8-17(26-24-16,18(21,22)23)13-5-14(19)7-15(20)6-13/h2-7,9H,8H2,1H3. The molecule has 0 saturated heterocycles. The number of alkyl halides is 3. The number of hydrogen-bond acceptors (Lipinski definition) is 3. The molecule has 0 aliphatic carbocycles. The lowest BCUT2D eigenvalue weighted by molar-refractivity contribution is -0.159. The molecule has 0 bridgehead atoms. The van der Waals surface area contributed by atoms with Gasteiger partial charge in [0.05, 0.1) is 5.71 Å². The van der Waals surface area contributed by atoms with Gasteiger partial charge >= 0.3 is 6.18 Å². The number of aryl methyl sites for hydroxylation is 1. The normalized spacial score (nSPS) is 20.2. The average molecular weight is 418 g/mol. The molecule has 3 rings (SSSR count). The molecule has 2 aromatic carbocycles. The Morgan fingerprint density at radius 1 is 1.15 bits per heavy atom. The van der Waals surface area contributed by atoms with Gasteiger partial charge in [-0.05, 0) is 59.8 Å². The maximum absolute atomic E-state index is 14.0. The van der Waals surface area contributed by atoms with Gasteiger partial charge in [-0.25, -0.2) is 4.40 Å². The number of nitrogens with zero attached hydrogens (tertiary/aromatic N) is 1. The Morgan fingerprint density at radius 2 is 1.81 bits per heavy atom. The van der Waals surface area contributed by atoms with Gasteiger partial charge in [0.1, 0.15) is 6.29 Å². The average Bonchev–Trinajstić information content (AvgIpc) is 3.00. The number of benzene rings is 2. The van der Waals surface area contributed by atoms with E-state index < -0.39 is 10.9 Å². The van der Waals surface area contributed by atoms with Crippen LogP contribution in [0.4, 0.5) is 13.2 Å². The van der Waals surface area contributed by atoms with Gasteiger partial charge in [-0.2, -0.15) is 13.2 Å². The number of rotatable bonds is 3. The molecule has 0 amide bonds. The highest BCUT2D eigenvalue weighted by molar-refractivity contribution is 7.99. The quantitative estimate of drug-likeness (QED) is 0.426. The molecule has 0 fully saturated rings. The highest BCUT2D eigenvalue weighted by Gasteiger charge is 2.60. The SMILES string of the molecule is Cc1cc(C2=NSC(c3cc(Cl)cc(Cl)c3)(C(F)(F)F)C2)ccc1C=O. The predicted molar refractivity (Wildman–Crippen MR) is 99.5 cm³/mol. The van der Waals surface area contributed by atoms with Crippen molar-refractivity contribution in [2.75, 3.05) is 0 Å². The van der Waals surface area contributed by atoms with Gasteiger partial charge < -0.3 is 0 Å². The van der Waals surface area contributed by atoms with Crippen LogP contribution < -0.4 is 0 Å². The van der Waals surface area contributed by atoms with Crippen LogP contribution >= 0.6 is 35.1 Å². The van der Waals surface area contributed by atoms with Gasteiger partial charge in [-0.1, -0.05) is 35.3 Å². The number of aldehydes is 1. The van der Waals surface area contributed by atoms with Crippen LogP contribution in [-0.2, 0) is 4.75 Å². The fourth-order valence-corrected chi connectivity index (χ4v) is 4.32. The van der Waals surface area contributed by atoms with Crippen LogP contribution in [0.5, 0.6) is 0 Å². The monoisotopic (exact) mass is 417 g/mol. The van der Waals surface area contributed by atoms with Crippen LogP contribution in [0.2, 0.25) is 10.0 Å². The minimum atomic E-state index is -4.56. The van der Waals surface area contributed by atoms with Crippen LogP contribution in [0.25, 0.3) is 0 Å². The first kappa shape index (κ1) is 19.3. The number of hydrogen-bond donors (Lipinski definition) is 0. The molecule has 0 aromatic heterocycles. The van der Waals surface area contributed by atoms with E-state index in [9.17, 15) is 18.0 Å². The van der Waals surface area contributed by atoms with Gasteiger partial charge in [-0.15, -0.1) is 0 Å². The van der Waals surface area contributed by atoms with Crippen LogP contribution in [0.15, 0.2) is 40.8 Å². The van der Waals surface area contributed by atoms with E-state index in [0.29, 0.717) is 40.6 Å². The van der Waals surface area contributed by atoms with E-state index in [2.05, 4.69) is 4.40 Å². The summed E-state index contributed by atoms with van der Waals surface area (Å²) in [5, 5.41) is 0.271. The first-order chi connectivity index (χ1) is 12.2. The smallest absolute Gasteiger partial charge is 0.298 e. The molecule has 136 valence electrons. The van der Waals surface area contributed by atoms with E-state index in [0.717, 1.165) is 0 Å². The van der Waals surface area contributed by atoms with E-state index in [1.165, 1.54) is 18.2 Å². The van der Waals surface area contributed by atoms with Gasteiger partial charge in [0.15, 0.2) is 4.75 Å². The van der Waals surface area contributed by atoms with E-state index >= 15 is 0 Å². The first-order valence-electron chi connectivity index (χ1n) is 7.51. The van der Waals surface area contributed by atoms with Crippen molar-refractivity contribution in [1.29, 1.82) is 0 Å². The van der Waals surface area contributed by atoms with Crippen molar-refractivity contribution in [3.05, 3.63) is 68.7 Å². The van der Waals surface area contributed by atoms with E-state index in [4.69, 9.17) is 23.2 Å². The molecule has 1 aliphatic rings. The van der Waals surface area contributed by atoms with Gasteiger partial charge in [0.2, 0.25) is 0 Å². The Balaban J connectivity index is 2.03. The Hall–Kier alpha value is -1.50. The summed E-state index contributed by atoms with van der Waals surface area (Å²) in [7, 11) is 0. The fourth-order valence-electron chi connectivity index (χ4n) is 2.83. The van der Waals surface area contributed by atoms with Crippen molar-refractivity contribution in [2.24, 2.45) is 4.40 Å². The zero-order valence-electron chi connectivity index (χ0n) is 13.4. The van der Waals surface area contributed by atoms with Crippen molar-refractivity contribution >= 4 is 47.1 Å². The molecule has 1 unspecified atom stereocenters. The summed E-state index contributed by atoms with van der Waals surface area (Å²) in [6.07, 6.45) is -4.20. The number of halogens is 5. The second-order valence-electron chi connectivity index (χ2n) is 5.98. The summed E-state index contributed by atoms with van der Waals surface area (Å²) < 4.78 is 43.9. The van der Waals surface area contributed by atoms with Crippen LogP contribution in [0, 0.1) is 6.92 Å². The summed E-state index contributed by atoms with van der Waals surface area (Å²) >= 11 is 12.3. The predicted octanol–water partition coefficient (Wildman–Crippen LogP) is 6.41. The van der Waals surface area contributed by atoms with Gasteiger partial charge in [0.25, 0.3) is 0 Å². The van der Waals surface area contributed by atoms with E-state index in [1.807, 2.05) is 0 Å². The van der Waals surface area contributed by atoms with Crippen molar-refractivity contribution in [1.82, 2.24) is 0 Å². The summed E-state index contributed by atoms with van der Waals surface area (Å²) in [5.74, 6) is 0. The second-order valence-corrected chi connectivity index (χ2v) is 7.91. The van der Waals surface area contributed by atoms with Crippen molar-refractivity contribution in [3.63, 3.8) is 0 Å². The first-order valence-corrected chi connectivity index (χ1v) is 9.04. The Bertz CT molecular complexity index is 894. The third-order valence-electron chi connectivity index (χ3n) is 4.24. The molecule has 26 heavy (non-hydrogen) atoms. The number of carbonyl (C=O) groups is 1. The molecule has 0 radical (unpaired) electrons. The number of carbonyl (C=O) groups excluding carboxylic acids is 1. The molecule has 1 heterocycles. The summed E-state index contributed by atoms with van der Waals surface area (Å²) in [6.45, 7) is 1.73. The third-order valence-corrected chi connectivity index (χ3v) is 5.92. The molecule has 1 aliphatic heterocycles. The Labute approximate surface area is 162 Å². The third kappa shape index (κ3) is 3.38. The Kier molecular flexibility index (Phi) is 5.12. The zero-order chi connectivity index (χ0) is 19.1. The topological polar surface area (TPSA) is 29.4 Å². The summed E-state index contributed by atoms with van der Waals surface area (Å²) in [4.78, 5) is 10.9. The molecular formula is C18H12Cl2F3NOS. The van der Waals surface area contributed by atoms with Crippen molar-refractivity contribution < 1.29 is 18.0 Å². The molecule has 0 saturated carbocycles. The fraction of sp³-hybridized carbons (Fsp3) is 0.222. The molecule has 2 nitrogen and oxygen atoms in total. The van der Waals surface area contributed by atoms with Crippen molar-refractivity contribution in [3.8, 4) is 0 Å². The maximum Gasteiger partial charge on any atom is 0.409 e. The maximum atomic E-state index is 14.0. The van der Waals surface area contributed by atoms with Crippen molar-refractivity contribution in [2.45, 2.75) is 24.3 Å². The Morgan fingerprint density at radius 3 is 2.35 bits per heavy atom. The lowest BCUT2D eigenvalue weighted by Crippen LogP contribution is -2.38. The molecule has 8 heteroatoms. The van der Waals surface area contributed by atoms with Crippen LogP contribution in [0.3, 0.4) is 0 Å². The zero-order valence-corrected chi connectivity index (χ0v) is 15.7. The second kappa shape index (κ2) is 6.91. The van der Waals surface area contributed by atoms with Crippen LogP contribution in [0.1, 0.15) is 33.5 Å². The molecular weight excluding hydrogens is 406 g/mol. The largest absolute Gasteiger partial charge is 0.409 e. The molecule has 1 atom stereocenters. The summed E-state index contributed by atoms with van der Waals surface area (Å²) in [5.41, 5.74) is 2.00. The summed E-state index contributed by atoms with van der Waals surface area (Å²) in [6, 6.07) is 8.78. The van der Waals surface area contributed by atoms with Gasteiger partial charge in [-0.3, -0.25) is 4.79 Å². The lowest BCUT2D eigenvalue weighted by Gasteiger charge is -2.30. The minimum absolute atomic E-state index is 0.0347. The molecule has 2 aromatic rings. The van der Waals surface area contributed by atoms with Crippen LogP contribution in [-0.4, -0.2) is 18.2 Å². The highest BCUT2D eigenvalue weighted by Crippen LogP contribution is 2.57. The minimum Gasteiger partial charge on any atom is -0.298 e. The van der Waals surface area contributed by atoms with E-state index in [1.54, 1.807) is 25.1 Å². The lowest BCUT2D eigenvalue weighted by atomic mass is 9.89. The van der Waals surface area contributed by atoms with E-state index in [-0.39, 0.29) is 22.0 Å². The molecule has 0 spiro atoms. The van der Waals surface area contributed by atoms with Gasteiger partial charge in [0, 0.05) is 22.0 Å². The highest BCUT2D eigenvalue weighted by atomic mass is 35.5. The molecule has 0 N–H and O–H groups in total.